The number of nitrogens with one attached hydrogen (secondary N) is 1. The number of imide groups is 2. The summed E-state index contributed by atoms with van der Waals surface area (Å²) < 4.78 is 4.77. The number of carbonyl (C=O) groups is 4. The second-order valence-electron chi connectivity index (χ2n) is 4.97. The molecule has 1 aliphatic heterocycles. The van der Waals surface area contributed by atoms with Gasteiger partial charge in [-0.25, -0.2) is 9.69 Å². The molecule has 0 aromatic heterocycles. The van der Waals surface area contributed by atoms with Crippen LogP contribution in [0.4, 0.5) is 10.5 Å². The highest BCUT2D eigenvalue weighted by Crippen LogP contribution is 2.20. The molecular weight excluding hydrogens is 352 g/mol. The van der Waals surface area contributed by atoms with Crippen LogP contribution in [0.5, 0.6) is 0 Å². The number of benzene rings is 1. The molecule has 0 aliphatic carbocycles. The molecule has 1 fully saturated rings. The minimum absolute atomic E-state index is 0.0683. The van der Waals surface area contributed by atoms with Gasteiger partial charge in [0.05, 0.1) is 24.4 Å². The summed E-state index contributed by atoms with van der Waals surface area (Å²) in [6.07, 6.45) is 0. The van der Waals surface area contributed by atoms with Crippen molar-refractivity contribution in [1.29, 1.82) is 5.26 Å². The predicted octanol–water partition coefficient (Wildman–Crippen LogP) is 0.587. The molecule has 0 atom stereocenters. The lowest BCUT2D eigenvalue weighted by Crippen LogP contribution is -2.39. The lowest BCUT2D eigenvalue weighted by Gasteiger charge is -2.15. The van der Waals surface area contributed by atoms with Gasteiger partial charge in [-0.2, -0.15) is 5.26 Å². The minimum Gasteiger partial charge on any atom is -0.383 e. The SMILES string of the molecule is COCCN1C(=O)C(=O)N(CC(=O)Nc2cc(Cl)ccc2C#N)C1=O. The number of ether oxygens (including phenoxy) is 1. The van der Waals surface area contributed by atoms with Gasteiger partial charge in [-0.1, -0.05) is 11.6 Å². The summed E-state index contributed by atoms with van der Waals surface area (Å²) in [4.78, 5) is 49.1. The van der Waals surface area contributed by atoms with E-state index in [1.54, 1.807) is 0 Å². The standard InChI is InChI=1S/C15H13ClN4O5/c1-25-5-4-19-13(22)14(23)20(15(19)24)8-12(21)18-11-6-10(16)3-2-9(11)7-17/h2-3,6H,4-5,8H2,1H3,(H,18,21). The van der Waals surface area contributed by atoms with E-state index in [0.29, 0.717) is 14.8 Å². The first-order chi connectivity index (χ1) is 11.9. The number of rotatable bonds is 6. The third kappa shape index (κ3) is 3.93. The smallest absolute Gasteiger partial charge is 0.334 e. The first-order valence-corrected chi connectivity index (χ1v) is 7.42. The molecule has 1 N–H and O–H groups in total. The number of hydrogen-bond acceptors (Lipinski definition) is 6. The molecule has 25 heavy (non-hydrogen) atoms. The van der Waals surface area contributed by atoms with E-state index in [1.165, 1.54) is 25.3 Å². The molecule has 0 saturated carbocycles. The number of methoxy groups -OCH3 is 1. The van der Waals surface area contributed by atoms with Crippen molar-refractivity contribution in [1.82, 2.24) is 9.80 Å². The van der Waals surface area contributed by atoms with Gasteiger partial charge in [-0.05, 0) is 18.2 Å². The number of carbonyl (C=O) groups excluding carboxylic acids is 4. The largest absolute Gasteiger partial charge is 0.383 e. The van der Waals surface area contributed by atoms with Crippen LogP contribution >= 0.6 is 11.6 Å². The van der Waals surface area contributed by atoms with Gasteiger partial charge >= 0.3 is 17.8 Å². The topological polar surface area (TPSA) is 120 Å². The third-order valence-corrected chi connectivity index (χ3v) is 3.57. The van der Waals surface area contributed by atoms with Crippen LogP contribution in [0.15, 0.2) is 18.2 Å². The van der Waals surface area contributed by atoms with E-state index in [0.717, 1.165) is 0 Å². The molecule has 1 aromatic carbocycles. The van der Waals surface area contributed by atoms with Gasteiger partial charge in [0, 0.05) is 12.1 Å². The number of hydrogen-bond donors (Lipinski definition) is 1. The summed E-state index contributed by atoms with van der Waals surface area (Å²) in [5.41, 5.74) is 0.302. The fourth-order valence-electron chi connectivity index (χ4n) is 2.12. The summed E-state index contributed by atoms with van der Waals surface area (Å²) in [5, 5.41) is 11.7. The van der Waals surface area contributed by atoms with Crippen LogP contribution in [0, 0.1) is 11.3 Å². The van der Waals surface area contributed by atoms with E-state index in [4.69, 9.17) is 21.6 Å². The Morgan fingerprint density at radius 3 is 2.60 bits per heavy atom. The summed E-state index contributed by atoms with van der Waals surface area (Å²) >= 11 is 5.82. The van der Waals surface area contributed by atoms with Crippen molar-refractivity contribution >= 4 is 41.0 Å². The van der Waals surface area contributed by atoms with Gasteiger partial charge in [0.25, 0.3) is 0 Å². The molecular formula is C15H13ClN4O5. The Morgan fingerprint density at radius 1 is 1.28 bits per heavy atom. The Kier molecular flexibility index (Phi) is 5.69. The average Bonchev–Trinajstić information content (AvgIpc) is 2.77. The van der Waals surface area contributed by atoms with Gasteiger partial charge in [0.15, 0.2) is 0 Å². The van der Waals surface area contributed by atoms with Gasteiger partial charge in [0.2, 0.25) is 5.91 Å². The number of nitrogens with zero attached hydrogens (tertiary/aromatic N) is 3. The molecule has 0 radical (unpaired) electrons. The maximum atomic E-state index is 12.1. The average molecular weight is 365 g/mol. The van der Waals surface area contributed by atoms with Crippen LogP contribution < -0.4 is 5.32 Å². The fourth-order valence-corrected chi connectivity index (χ4v) is 2.29. The maximum Gasteiger partial charge on any atom is 0.334 e. The van der Waals surface area contributed by atoms with Crippen molar-refractivity contribution < 1.29 is 23.9 Å². The Morgan fingerprint density at radius 2 is 1.96 bits per heavy atom. The zero-order valence-electron chi connectivity index (χ0n) is 13.1. The monoisotopic (exact) mass is 364 g/mol. The Labute approximate surface area is 147 Å². The van der Waals surface area contributed by atoms with Crippen LogP contribution in [0.3, 0.4) is 0 Å². The second kappa shape index (κ2) is 7.74. The van der Waals surface area contributed by atoms with E-state index in [9.17, 15) is 19.2 Å². The lowest BCUT2D eigenvalue weighted by atomic mass is 10.2. The van der Waals surface area contributed by atoms with Gasteiger partial charge in [-0.15, -0.1) is 0 Å². The molecule has 1 saturated heterocycles. The van der Waals surface area contributed by atoms with Crippen LogP contribution in [-0.4, -0.2) is 60.4 Å². The first-order valence-electron chi connectivity index (χ1n) is 7.04. The van der Waals surface area contributed by atoms with E-state index in [2.05, 4.69) is 5.32 Å². The van der Waals surface area contributed by atoms with E-state index < -0.39 is 30.3 Å². The Hall–Kier alpha value is -2.96. The summed E-state index contributed by atoms with van der Waals surface area (Å²) in [6.45, 7) is -0.686. The zero-order chi connectivity index (χ0) is 18.6. The Balaban J connectivity index is 2.09. The number of nitriles is 1. The van der Waals surface area contributed by atoms with Crippen LogP contribution in [0.25, 0.3) is 0 Å². The maximum absolute atomic E-state index is 12.1. The molecule has 1 aromatic rings. The molecule has 130 valence electrons. The molecule has 1 heterocycles. The molecule has 10 heteroatoms. The van der Waals surface area contributed by atoms with Crippen molar-refractivity contribution in [2.45, 2.75) is 0 Å². The third-order valence-electron chi connectivity index (χ3n) is 3.33. The zero-order valence-corrected chi connectivity index (χ0v) is 13.9. The number of halogens is 1. The van der Waals surface area contributed by atoms with E-state index in [-0.39, 0.29) is 24.4 Å². The number of urea groups is 1. The molecule has 0 spiro atoms. The normalized spacial score (nSPS) is 14.0. The van der Waals surface area contributed by atoms with Crippen LogP contribution in [-0.2, 0) is 19.1 Å². The van der Waals surface area contributed by atoms with Crippen molar-refractivity contribution in [3.8, 4) is 6.07 Å². The first kappa shape index (κ1) is 18.4. The van der Waals surface area contributed by atoms with Gasteiger partial charge < -0.3 is 10.1 Å². The second-order valence-corrected chi connectivity index (χ2v) is 5.41. The van der Waals surface area contributed by atoms with Crippen molar-refractivity contribution in [3.05, 3.63) is 28.8 Å². The molecule has 5 amide bonds. The molecule has 1 aliphatic rings. The summed E-state index contributed by atoms with van der Waals surface area (Å²) in [7, 11) is 1.38. The molecule has 2 rings (SSSR count). The van der Waals surface area contributed by atoms with Gasteiger partial charge in [-0.3, -0.25) is 19.3 Å². The highest BCUT2D eigenvalue weighted by molar-refractivity contribution is 6.45. The Bertz CT molecular complexity index is 789. The van der Waals surface area contributed by atoms with Crippen molar-refractivity contribution in [2.24, 2.45) is 0 Å². The van der Waals surface area contributed by atoms with Crippen LogP contribution in [0.1, 0.15) is 5.56 Å². The number of anilines is 1. The highest BCUT2D eigenvalue weighted by atomic mass is 35.5. The predicted molar refractivity (Wildman–Crippen MR) is 85.5 cm³/mol. The van der Waals surface area contributed by atoms with Gasteiger partial charge in [0.1, 0.15) is 12.6 Å². The van der Waals surface area contributed by atoms with E-state index >= 15 is 0 Å². The molecule has 0 bridgehead atoms. The van der Waals surface area contributed by atoms with Crippen molar-refractivity contribution in [2.75, 3.05) is 32.1 Å². The molecule has 9 nitrogen and oxygen atoms in total. The highest BCUT2D eigenvalue weighted by Gasteiger charge is 2.44. The van der Waals surface area contributed by atoms with Crippen LogP contribution in [0.2, 0.25) is 5.02 Å². The number of amides is 5. The fraction of sp³-hybridized carbons (Fsp3) is 0.267. The minimum atomic E-state index is -1.09. The summed E-state index contributed by atoms with van der Waals surface area (Å²) in [5.74, 6) is -2.86. The molecule has 0 unspecified atom stereocenters. The quantitative estimate of drug-likeness (QED) is 0.582. The van der Waals surface area contributed by atoms with Crippen molar-refractivity contribution in [3.63, 3.8) is 0 Å². The van der Waals surface area contributed by atoms with E-state index in [1.807, 2.05) is 6.07 Å². The summed E-state index contributed by atoms with van der Waals surface area (Å²) in [6, 6.07) is 5.25. The lowest BCUT2D eigenvalue weighted by molar-refractivity contribution is -0.143.